The van der Waals surface area contributed by atoms with Crippen molar-refractivity contribution in [3.8, 4) is 5.75 Å². The van der Waals surface area contributed by atoms with E-state index < -0.39 is 17.8 Å². The Bertz CT molecular complexity index is 1040. The average molecular weight is 403 g/mol. The summed E-state index contributed by atoms with van der Waals surface area (Å²) in [5.41, 5.74) is 4.00. The van der Waals surface area contributed by atoms with Crippen LogP contribution in [0, 0.1) is 5.92 Å². The fourth-order valence-corrected chi connectivity index (χ4v) is 4.71. The third kappa shape index (κ3) is 3.45. The highest BCUT2D eigenvalue weighted by Gasteiger charge is 2.45. The van der Waals surface area contributed by atoms with Crippen LogP contribution in [0.15, 0.2) is 70.9 Å². The Labute approximate surface area is 176 Å². The molecule has 5 nitrogen and oxygen atoms in total. The summed E-state index contributed by atoms with van der Waals surface area (Å²) in [5.74, 6) is -0.742. The molecule has 30 heavy (non-hydrogen) atoms. The number of aliphatic imine (C=N–C) groups is 1. The number of esters is 1. The van der Waals surface area contributed by atoms with Crippen molar-refractivity contribution in [2.75, 3.05) is 14.2 Å². The average Bonchev–Trinajstić information content (AvgIpc) is 2.78. The molecule has 0 saturated carbocycles. The zero-order chi connectivity index (χ0) is 21.3. The first-order valence-corrected chi connectivity index (χ1v) is 10.1. The molecule has 0 bridgehead atoms. The Balaban J connectivity index is 1.85. The SMILES string of the molecule is COC(=O)C1C(C)=NC2=C(C(=O)C[C@@H](c3ccccc3)C2)[C@@H]1c1ccccc1OC. The van der Waals surface area contributed by atoms with E-state index in [9.17, 15) is 9.59 Å². The van der Waals surface area contributed by atoms with Crippen LogP contribution in [0.5, 0.6) is 5.75 Å². The molecule has 4 rings (SSSR count). The van der Waals surface area contributed by atoms with Crippen LogP contribution in [0.25, 0.3) is 0 Å². The van der Waals surface area contributed by atoms with Crippen LogP contribution < -0.4 is 4.74 Å². The van der Waals surface area contributed by atoms with Crippen molar-refractivity contribution < 1.29 is 19.1 Å². The zero-order valence-electron chi connectivity index (χ0n) is 17.4. The summed E-state index contributed by atoms with van der Waals surface area (Å²) in [5, 5.41) is 0. The van der Waals surface area contributed by atoms with Gasteiger partial charge in [-0.25, -0.2) is 0 Å². The molecule has 0 N–H and O–H groups in total. The molecule has 3 atom stereocenters. The molecule has 2 aromatic carbocycles. The predicted molar refractivity (Wildman–Crippen MR) is 115 cm³/mol. The highest BCUT2D eigenvalue weighted by Crippen LogP contribution is 2.48. The van der Waals surface area contributed by atoms with Gasteiger partial charge in [0.25, 0.3) is 0 Å². The summed E-state index contributed by atoms with van der Waals surface area (Å²) in [6, 6.07) is 17.6. The minimum absolute atomic E-state index is 0.0335. The maximum atomic E-state index is 13.4. The number of carbonyl (C=O) groups is 2. The molecule has 154 valence electrons. The number of benzene rings is 2. The van der Waals surface area contributed by atoms with Gasteiger partial charge in [0.15, 0.2) is 5.78 Å². The predicted octanol–water partition coefficient (Wildman–Crippen LogP) is 4.44. The number of allylic oxidation sites excluding steroid dienone is 2. The fraction of sp³-hybridized carbons (Fsp3) is 0.320. The highest BCUT2D eigenvalue weighted by atomic mass is 16.5. The first-order valence-electron chi connectivity index (χ1n) is 10.1. The van der Waals surface area contributed by atoms with Gasteiger partial charge in [-0.3, -0.25) is 14.6 Å². The van der Waals surface area contributed by atoms with E-state index in [0.29, 0.717) is 29.9 Å². The molecule has 0 radical (unpaired) electrons. The number of Topliss-reactive ketones (excluding diaryl/α,β-unsaturated/α-hetero) is 1. The Morgan fingerprint density at radius 1 is 1.00 bits per heavy atom. The van der Waals surface area contributed by atoms with E-state index in [-0.39, 0.29) is 11.7 Å². The molecule has 0 spiro atoms. The van der Waals surface area contributed by atoms with Crippen LogP contribution in [0.4, 0.5) is 0 Å². The lowest BCUT2D eigenvalue weighted by atomic mass is 9.69. The van der Waals surface area contributed by atoms with Crippen molar-refractivity contribution >= 4 is 17.5 Å². The second kappa shape index (κ2) is 8.27. The van der Waals surface area contributed by atoms with Gasteiger partial charge in [0.05, 0.1) is 14.2 Å². The molecule has 0 aromatic heterocycles. The molecule has 2 aromatic rings. The van der Waals surface area contributed by atoms with Gasteiger partial charge >= 0.3 is 5.97 Å². The van der Waals surface area contributed by atoms with Gasteiger partial charge in [-0.05, 0) is 30.9 Å². The minimum Gasteiger partial charge on any atom is -0.496 e. The maximum absolute atomic E-state index is 13.4. The van der Waals surface area contributed by atoms with Crippen molar-refractivity contribution in [3.05, 3.63) is 77.0 Å². The number of methoxy groups -OCH3 is 2. The van der Waals surface area contributed by atoms with Crippen LogP contribution in [-0.4, -0.2) is 31.7 Å². The Morgan fingerprint density at radius 2 is 1.70 bits per heavy atom. The zero-order valence-corrected chi connectivity index (χ0v) is 17.4. The van der Waals surface area contributed by atoms with Crippen LogP contribution in [0.2, 0.25) is 0 Å². The molecular formula is C25H25NO4. The number of rotatable bonds is 4. The standard InChI is InChI=1S/C25H25NO4/c1-15-22(25(28)30-3)23(18-11-7-8-12-21(18)29-2)24-19(26-15)13-17(14-20(24)27)16-9-5-4-6-10-16/h4-12,17,22-23H,13-14H2,1-3H3/t17-,22?,23+/m0/s1. The fourth-order valence-electron chi connectivity index (χ4n) is 4.71. The third-order valence-electron chi connectivity index (χ3n) is 6.09. The van der Waals surface area contributed by atoms with Gasteiger partial charge in [0, 0.05) is 34.9 Å². The van der Waals surface area contributed by atoms with E-state index in [4.69, 9.17) is 14.5 Å². The monoisotopic (exact) mass is 403 g/mol. The summed E-state index contributed by atoms with van der Waals surface area (Å²) in [7, 11) is 2.96. The van der Waals surface area contributed by atoms with Crippen LogP contribution in [0.1, 0.15) is 42.7 Å². The Morgan fingerprint density at radius 3 is 2.40 bits per heavy atom. The summed E-state index contributed by atoms with van der Waals surface area (Å²) >= 11 is 0. The molecule has 1 aliphatic carbocycles. The van der Waals surface area contributed by atoms with Gasteiger partial charge in [-0.15, -0.1) is 0 Å². The van der Waals surface area contributed by atoms with E-state index in [1.165, 1.54) is 7.11 Å². The first-order chi connectivity index (χ1) is 14.5. The Kier molecular flexibility index (Phi) is 5.53. The van der Waals surface area contributed by atoms with Crippen LogP contribution in [0.3, 0.4) is 0 Å². The molecule has 0 fully saturated rings. The van der Waals surface area contributed by atoms with Crippen molar-refractivity contribution in [1.82, 2.24) is 0 Å². The van der Waals surface area contributed by atoms with Crippen molar-refractivity contribution in [2.24, 2.45) is 10.9 Å². The van der Waals surface area contributed by atoms with E-state index in [1.807, 2.05) is 49.4 Å². The van der Waals surface area contributed by atoms with Gasteiger partial charge in [-0.2, -0.15) is 0 Å². The molecule has 1 heterocycles. The highest BCUT2D eigenvalue weighted by molar-refractivity contribution is 6.09. The number of carbonyl (C=O) groups excluding carboxylic acids is 2. The molecule has 2 aliphatic rings. The summed E-state index contributed by atoms with van der Waals surface area (Å²) in [6.07, 6.45) is 1.07. The van der Waals surface area contributed by atoms with Gasteiger partial charge in [0.2, 0.25) is 0 Å². The Hall–Kier alpha value is -3.21. The summed E-state index contributed by atoms with van der Waals surface area (Å²) < 4.78 is 10.7. The topological polar surface area (TPSA) is 65.0 Å². The van der Waals surface area contributed by atoms with Gasteiger partial charge < -0.3 is 9.47 Å². The second-order valence-electron chi connectivity index (χ2n) is 7.77. The minimum atomic E-state index is -0.651. The largest absolute Gasteiger partial charge is 0.496 e. The first kappa shape index (κ1) is 20.1. The molecule has 0 amide bonds. The summed E-state index contributed by atoms with van der Waals surface area (Å²) in [6.45, 7) is 1.84. The van der Waals surface area contributed by atoms with E-state index in [0.717, 1.165) is 16.8 Å². The van der Waals surface area contributed by atoms with Crippen molar-refractivity contribution in [1.29, 1.82) is 0 Å². The van der Waals surface area contributed by atoms with E-state index >= 15 is 0 Å². The number of ketones is 1. The van der Waals surface area contributed by atoms with Crippen LogP contribution in [-0.2, 0) is 14.3 Å². The quantitative estimate of drug-likeness (QED) is 0.708. The number of para-hydroxylation sites is 1. The lowest BCUT2D eigenvalue weighted by Gasteiger charge is -2.36. The molecule has 0 saturated heterocycles. The molecular weight excluding hydrogens is 378 g/mol. The molecule has 1 aliphatic heterocycles. The smallest absolute Gasteiger partial charge is 0.315 e. The maximum Gasteiger partial charge on any atom is 0.315 e. The number of nitrogens with zero attached hydrogens (tertiary/aromatic N) is 1. The lowest BCUT2D eigenvalue weighted by Crippen LogP contribution is -2.37. The van der Waals surface area contributed by atoms with Gasteiger partial charge in [0.1, 0.15) is 11.7 Å². The van der Waals surface area contributed by atoms with Gasteiger partial charge in [-0.1, -0.05) is 48.5 Å². The third-order valence-corrected chi connectivity index (χ3v) is 6.09. The molecule has 5 heteroatoms. The number of ether oxygens (including phenoxy) is 2. The lowest BCUT2D eigenvalue weighted by molar-refractivity contribution is -0.143. The van der Waals surface area contributed by atoms with Crippen molar-refractivity contribution in [2.45, 2.75) is 31.6 Å². The number of hydrogen-bond donors (Lipinski definition) is 0. The van der Waals surface area contributed by atoms with E-state index in [2.05, 4.69) is 12.1 Å². The number of hydrogen-bond acceptors (Lipinski definition) is 5. The normalized spacial score (nSPS) is 23.5. The van der Waals surface area contributed by atoms with Crippen molar-refractivity contribution in [3.63, 3.8) is 0 Å². The van der Waals surface area contributed by atoms with Crippen LogP contribution >= 0.6 is 0 Å². The van der Waals surface area contributed by atoms with E-state index in [1.54, 1.807) is 7.11 Å². The molecule has 1 unspecified atom stereocenters. The summed E-state index contributed by atoms with van der Waals surface area (Å²) in [4.78, 5) is 30.9. The second-order valence-corrected chi connectivity index (χ2v) is 7.77.